The van der Waals surface area contributed by atoms with Crippen molar-refractivity contribution in [2.75, 3.05) is 18.0 Å². The standard InChI is InChI=1S/C13H19N3S/c1-9-4-6-15-12(10(9)11(14)17)16-7-5-13(2,3)8-16/h4,6H,5,7-8H2,1-3H3,(H2,14,17). The first-order valence-corrected chi connectivity index (χ1v) is 6.32. The lowest BCUT2D eigenvalue weighted by Crippen LogP contribution is -2.27. The molecule has 0 spiro atoms. The Balaban J connectivity index is 2.40. The minimum atomic E-state index is 0.346. The molecule has 0 unspecified atom stereocenters. The number of nitrogens with two attached hydrogens (primary N) is 1. The molecule has 0 bridgehead atoms. The summed E-state index contributed by atoms with van der Waals surface area (Å²) >= 11 is 5.14. The molecule has 2 N–H and O–H groups in total. The number of pyridine rings is 1. The Kier molecular flexibility index (Phi) is 3.08. The summed E-state index contributed by atoms with van der Waals surface area (Å²) in [5.74, 6) is 0.947. The largest absolute Gasteiger partial charge is 0.389 e. The molecule has 0 aliphatic carbocycles. The number of hydrogen-bond donors (Lipinski definition) is 1. The van der Waals surface area contributed by atoms with Gasteiger partial charge >= 0.3 is 0 Å². The van der Waals surface area contributed by atoms with Crippen LogP contribution >= 0.6 is 12.2 Å². The summed E-state index contributed by atoms with van der Waals surface area (Å²) in [6, 6.07) is 1.96. The van der Waals surface area contributed by atoms with Gasteiger partial charge < -0.3 is 10.6 Å². The van der Waals surface area contributed by atoms with Crippen molar-refractivity contribution in [3.8, 4) is 0 Å². The zero-order chi connectivity index (χ0) is 12.6. The number of thiocarbonyl (C=S) groups is 1. The quantitative estimate of drug-likeness (QED) is 0.816. The molecule has 2 heterocycles. The molecule has 0 aromatic carbocycles. The number of hydrogen-bond acceptors (Lipinski definition) is 3. The highest BCUT2D eigenvalue weighted by atomic mass is 32.1. The summed E-state index contributed by atoms with van der Waals surface area (Å²) in [4.78, 5) is 7.20. The minimum Gasteiger partial charge on any atom is -0.389 e. The monoisotopic (exact) mass is 249 g/mol. The zero-order valence-electron chi connectivity index (χ0n) is 10.7. The summed E-state index contributed by atoms with van der Waals surface area (Å²) in [7, 11) is 0. The second-order valence-electron chi connectivity index (χ2n) is 5.53. The van der Waals surface area contributed by atoms with Gasteiger partial charge in [-0.3, -0.25) is 0 Å². The Hall–Kier alpha value is -1.16. The van der Waals surface area contributed by atoms with E-state index < -0.39 is 0 Å². The van der Waals surface area contributed by atoms with Crippen LogP contribution in [0.2, 0.25) is 0 Å². The topological polar surface area (TPSA) is 42.2 Å². The summed E-state index contributed by atoms with van der Waals surface area (Å²) < 4.78 is 0. The number of aryl methyl sites for hydroxylation is 1. The van der Waals surface area contributed by atoms with Gasteiger partial charge in [-0.1, -0.05) is 26.1 Å². The molecule has 17 heavy (non-hydrogen) atoms. The van der Waals surface area contributed by atoms with E-state index in [4.69, 9.17) is 18.0 Å². The first kappa shape index (κ1) is 12.3. The SMILES string of the molecule is Cc1ccnc(N2CCC(C)(C)C2)c1C(N)=S. The number of anilines is 1. The summed E-state index contributed by atoms with van der Waals surface area (Å²) in [5.41, 5.74) is 8.20. The van der Waals surface area contributed by atoms with Gasteiger partial charge in [0.1, 0.15) is 10.8 Å². The van der Waals surface area contributed by atoms with Gasteiger partial charge in [0, 0.05) is 19.3 Å². The van der Waals surface area contributed by atoms with Gasteiger partial charge in [-0.25, -0.2) is 4.98 Å². The van der Waals surface area contributed by atoms with E-state index in [1.54, 1.807) is 0 Å². The second kappa shape index (κ2) is 4.26. The molecule has 0 amide bonds. The van der Waals surface area contributed by atoms with E-state index >= 15 is 0 Å². The lowest BCUT2D eigenvalue weighted by Gasteiger charge is -2.23. The summed E-state index contributed by atoms with van der Waals surface area (Å²) in [6.45, 7) is 8.63. The first-order chi connectivity index (χ1) is 7.91. The molecule has 1 aliphatic heterocycles. The van der Waals surface area contributed by atoms with Crippen molar-refractivity contribution >= 4 is 23.0 Å². The van der Waals surface area contributed by atoms with Crippen LogP contribution in [0.4, 0.5) is 5.82 Å². The molecule has 0 radical (unpaired) electrons. The normalized spacial score (nSPS) is 18.4. The Bertz CT molecular complexity index is 454. The van der Waals surface area contributed by atoms with Crippen molar-refractivity contribution in [2.24, 2.45) is 11.1 Å². The van der Waals surface area contributed by atoms with Crippen molar-refractivity contribution in [3.05, 3.63) is 23.4 Å². The maximum absolute atomic E-state index is 5.82. The molecule has 3 nitrogen and oxygen atoms in total. The van der Waals surface area contributed by atoms with Gasteiger partial charge in [-0.15, -0.1) is 0 Å². The van der Waals surface area contributed by atoms with Crippen LogP contribution in [0.1, 0.15) is 31.4 Å². The van der Waals surface area contributed by atoms with Crippen LogP contribution in [0, 0.1) is 12.3 Å². The molecular formula is C13H19N3S. The molecule has 1 aliphatic rings. The molecule has 1 fully saturated rings. The number of nitrogens with zero attached hydrogens (tertiary/aromatic N) is 2. The molecule has 2 rings (SSSR count). The fraction of sp³-hybridized carbons (Fsp3) is 0.538. The summed E-state index contributed by atoms with van der Waals surface area (Å²) in [6.07, 6.45) is 3.01. The first-order valence-electron chi connectivity index (χ1n) is 5.91. The highest BCUT2D eigenvalue weighted by Gasteiger charge is 2.31. The lowest BCUT2D eigenvalue weighted by molar-refractivity contribution is 0.418. The Labute approximate surface area is 108 Å². The van der Waals surface area contributed by atoms with Gasteiger partial charge in [0.05, 0.1) is 5.56 Å². The van der Waals surface area contributed by atoms with E-state index in [0.717, 1.165) is 30.0 Å². The highest BCUT2D eigenvalue weighted by Crippen LogP contribution is 2.33. The van der Waals surface area contributed by atoms with Crippen LogP contribution in [0.25, 0.3) is 0 Å². The number of rotatable bonds is 2. The van der Waals surface area contributed by atoms with Crippen molar-refractivity contribution in [2.45, 2.75) is 27.2 Å². The summed E-state index contributed by atoms with van der Waals surface area (Å²) in [5, 5.41) is 0. The molecule has 1 saturated heterocycles. The van der Waals surface area contributed by atoms with Crippen LogP contribution in [-0.4, -0.2) is 23.1 Å². The van der Waals surface area contributed by atoms with Gasteiger partial charge in [0.25, 0.3) is 0 Å². The fourth-order valence-corrected chi connectivity index (χ4v) is 2.63. The minimum absolute atomic E-state index is 0.346. The maximum Gasteiger partial charge on any atom is 0.139 e. The maximum atomic E-state index is 5.82. The second-order valence-corrected chi connectivity index (χ2v) is 5.97. The lowest BCUT2D eigenvalue weighted by atomic mass is 9.93. The van der Waals surface area contributed by atoms with Crippen LogP contribution in [0.5, 0.6) is 0 Å². The van der Waals surface area contributed by atoms with E-state index in [9.17, 15) is 0 Å². The van der Waals surface area contributed by atoms with Crippen LogP contribution in [0.15, 0.2) is 12.3 Å². The molecule has 4 heteroatoms. The van der Waals surface area contributed by atoms with Gasteiger partial charge in [0.2, 0.25) is 0 Å². The van der Waals surface area contributed by atoms with Gasteiger partial charge in [0.15, 0.2) is 0 Å². The average molecular weight is 249 g/mol. The Morgan fingerprint density at radius 1 is 1.53 bits per heavy atom. The third kappa shape index (κ3) is 2.41. The third-order valence-corrected chi connectivity index (χ3v) is 3.57. The third-order valence-electron chi connectivity index (χ3n) is 3.36. The molecule has 0 saturated carbocycles. The van der Waals surface area contributed by atoms with E-state index in [-0.39, 0.29) is 0 Å². The molecule has 1 aromatic rings. The van der Waals surface area contributed by atoms with Crippen molar-refractivity contribution in [1.29, 1.82) is 0 Å². The van der Waals surface area contributed by atoms with Crippen LogP contribution in [-0.2, 0) is 0 Å². The molecular weight excluding hydrogens is 230 g/mol. The van der Waals surface area contributed by atoms with Gasteiger partial charge in [-0.2, -0.15) is 0 Å². The van der Waals surface area contributed by atoms with Crippen LogP contribution < -0.4 is 10.6 Å². The molecule has 1 aromatic heterocycles. The Morgan fingerprint density at radius 3 is 2.76 bits per heavy atom. The molecule has 92 valence electrons. The predicted octanol–water partition coefficient (Wildman–Crippen LogP) is 2.26. The van der Waals surface area contributed by atoms with Crippen molar-refractivity contribution in [1.82, 2.24) is 4.98 Å². The van der Waals surface area contributed by atoms with E-state index in [1.165, 1.54) is 6.42 Å². The predicted molar refractivity (Wildman–Crippen MR) is 75.5 cm³/mol. The van der Waals surface area contributed by atoms with Crippen LogP contribution in [0.3, 0.4) is 0 Å². The van der Waals surface area contributed by atoms with Crippen molar-refractivity contribution in [3.63, 3.8) is 0 Å². The highest BCUT2D eigenvalue weighted by molar-refractivity contribution is 7.80. The molecule has 0 atom stereocenters. The van der Waals surface area contributed by atoms with E-state index in [0.29, 0.717) is 10.4 Å². The van der Waals surface area contributed by atoms with E-state index in [2.05, 4.69) is 23.7 Å². The zero-order valence-corrected chi connectivity index (χ0v) is 11.5. The fourth-order valence-electron chi connectivity index (χ4n) is 2.38. The van der Waals surface area contributed by atoms with Gasteiger partial charge in [-0.05, 0) is 30.4 Å². The Morgan fingerprint density at radius 2 is 2.24 bits per heavy atom. The number of aromatic nitrogens is 1. The average Bonchev–Trinajstić information content (AvgIpc) is 2.57. The van der Waals surface area contributed by atoms with E-state index in [1.807, 2.05) is 19.2 Å². The van der Waals surface area contributed by atoms with Crippen molar-refractivity contribution < 1.29 is 0 Å². The smallest absolute Gasteiger partial charge is 0.139 e.